The second-order valence-corrected chi connectivity index (χ2v) is 10.7. The van der Waals surface area contributed by atoms with Crippen LogP contribution in [0.15, 0.2) is 12.1 Å². The first kappa shape index (κ1) is 23.1. The molecule has 0 heterocycles. The average molecular weight is 433 g/mol. The molecule has 0 N–H and O–H groups in total. The zero-order valence-electron chi connectivity index (χ0n) is 19.7. The van der Waals surface area contributed by atoms with Crippen LogP contribution in [0, 0.1) is 41.2 Å². The molecule has 31 heavy (non-hydrogen) atoms. The van der Waals surface area contributed by atoms with Gasteiger partial charge >= 0.3 is 0 Å². The third kappa shape index (κ3) is 5.11. The van der Waals surface area contributed by atoms with E-state index < -0.39 is 11.6 Å². The predicted octanol–water partition coefficient (Wildman–Crippen LogP) is 8.66. The summed E-state index contributed by atoms with van der Waals surface area (Å²) >= 11 is 0. The summed E-state index contributed by atoms with van der Waals surface area (Å²) in [6.07, 6.45) is 16.6. The number of hydrogen-bond donors (Lipinski definition) is 0. The summed E-state index contributed by atoms with van der Waals surface area (Å²) in [5, 5.41) is 0. The van der Waals surface area contributed by atoms with E-state index in [9.17, 15) is 8.78 Å². The van der Waals surface area contributed by atoms with Crippen molar-refractivity contribution in [1.82, 2.24) is 0 Å². The highest BCUT2D eigenvalue weighted by Gasteiger charge is 2.43. The SMILES string of the molecule is CCCOc1ccc(C2CCC(CCC3CCC4C(CCC)CCC34)CC2)c(F)c1F. The van der Waals surface area contributed by atoms with Gasteiger partial charge in [-0.25, -0.2) is 4.39 Å². The molecule has 0 spiro atoms. The van der Waals surface area contributed by atoms with Gasteiger partial charge in [-0.15, -0.1) is 0 Å². The van der Waals surface area contributed by atoms with Crippen LogP contribution in [0.4, 0.5) is 8.78 Å². The van der Waals surface area contributed by atoms with Crippen LogP contribution in [0.1, 0.15) is 109 Å². The van der Waals surface area contributed by atoms with Gasteiger partial charge in [-0.3, -0.25) is 0 Å². The van der Waals surface area contributed by atoms with Crippen molar-refractivity contribution in [1.29, 1.82) is 0 Å². The summed E-state index contributed by atoms with van der Waals surface area (Å²) in [5.41, 5.74) is 0.561. The molecule has 1 aromatic rings. The van der Waals surface area contributed by atoms with Gasteiger partial charge in [0.15, 0.2) is 11.6 Å². The molecule has 3 heteroatoms. The van der Waals surface area contributed by atoms with Crippen LogP contribution >= 0.6 is 0 Å². The van der Waals surface area contributed by atoms with Gasteiger partial charge in [0.1, 0.15) is 0 Å². The van der Waals surface area contributed by atoms with E-state index in [1.165, 1.54) is 64.2 Å². The minimum atomic E-state index is -0.804. The zero-order valence-corrected chi connectivity index (χ0v) is 19.7. The first-order chi connectivity index (χ1) is 15.1. The van der Waals surface area contributed by atoms with Gasteiger partial charge < -0.3 is 4.74 Å². The van der Waals surface area contributed by atoms with Crippen molar-refractivity contribution in [3.05, 3.63) is 29.3 Å². The lowest BCUT2D eigenvalue weighted by molar-refractivity contribution is 0.250. The zero-order chi connectivity index (χ0) is 21.8. The number of hydrogen-bond acceptors (Lipinski definition) is 1. The van der Waals surface area contributed by atoms with Crippen molar-refractivity contribution in [2.75, 3.05) is 6.61 Å². The molecule has 0 radical (unpaired) electrons. The Kier molecular flexibility index (Phi) is 7.93. The quantitative estimate of drug-likeness (QED) is 0.379. The van der Waals surface area contributed by atoms with Crippen molar-refractivity contribution >= 4 is 0 Å². The minimum Gasteiger partial charge on any atom is -0.490 e. The number of ether oxygens (including phenoxy) is 1. The maximum absolute atomic E-state index is 14.7. The van der Waals surface area contributed by atoms with Gasteiger partial charge in [-0.1, -0.05) is 39.2 Å². The molecule has 174 valence electrons. The Balaban J connectivity index is 1.25. The second-order valence-electron chi connectivity index (χ2n) is 10.7. The summed E-state index contributed by atoms with van der Waals surface area (Å²) in [6.45, 7) is 4.72. The lowest BCUT2D eigenvalue weighted by Gasteiger charge is -2.30. The molecule has 3 aliphatic rings. The fourth-order valence-corrected chi connectivity index (χ4v) is 7.32. The van der Waals surface area contributed by atoms with Gasteiger partial charge in [0, 0.05) is 0 Å². The Morgan fingerprint density at radius 2 is 1.42 bits per heavy atom. The standard InChI is InChI=1S/C28H42F2O/c1-3-5-20-12-14-24-21(13-15-23(20)24)9-6-19-7-10-22(11-8-19)25-16-17-26(31-18-4-2)28(30)27(25)29/h16-17,19-24H,3-15,18H2,1-2H3. The summed E-state index contributed by atoms with van der Waals surface area (Å²) in [5.74, 6) is 3.53. The van der Waals surface area contributed by atoms with Gasteiger partial charge in [0.2, 0.25) is 5.82 Å². The third-order valence-corrected chi connectivity index (χ3v) is 8.93. The van der Waals surface area contributed by atoms with Crippen molar-refractivity contribution in [2.45, 2.75) is 103 Å². The summed E-state index contributed by atoms with van der Waals surface area (Å²) in [4.78, 5) is 0. The van der Waals surface area contributed by atoms with Crippen LogP contribution in [-0.4, -0.2) is 6.61 Å². The number of benzene rings is 1. The molecule has 3 fully saturated rings. The van der Waals surface area contributed by atoms with Gasteiger partial charge in [0.25, 0.3) is 0 Å². The summed E-state index contributed by atoms with van der Waals surface area (Å²) in [6, 6.07) is 3.39. The Labute approximate surface area is 188 Å². The Bertz CT molecular complexity index is 709. The molecular weight excluding hydrogens is 390 g/mol. The van der Waals surface area contributed by atoms with Crippen molar-refractivity contribution in [2.24, 2.45) is 29.6 Å². The van der Waals surface area contributed by atoms with Gasteiger partial charge in [0.05, 0.1) is 6.61 Å². The normalized spacial score (nSPS) is 32.9. The summed E-state index contributed by atoms with van der Waals surface area (Å²) < 4.78 is 34.4. The lowest BCUT2D eigenvalue weighted by atomic mass is 9.75. The molecule has 0 aromatic heterocycles. The number of halogens is 2. The Morgan fingerprint density at radius 1 is 0.742 bits per heavy atom. The molecule has 3 saturated carbocycles. The molecule has 0 bridgehead atoms. The predicted molar refractivity (Wildman–Crippen MR) is 123 cm³/mol. The molecule has 1 nitrogen and oxygen atoms in total. The maximum Gasteiger partial charge on any atom is 0.200 e. The smallest absolute Gasteiger partial charge is 0.200 e. The van der Waals surface area contributed by atoms with E-state index in [1.807, 2.05) is 6.92 Å². The van der Waals surface area contributed by atoms with E-state index in [-0.39, 0.29) is 11.7 Å². The van der Waals surface area contributed by atoms with Gasteiger partial charge in [-0.2, -0.15) is 4.39 Å². The highest BCUT2D eigenvalue weighted by Crippen LogP contribution is 2.53. The highest BCUT2D eigenvalue weighted by atomic mass is 19.2. The highest BCUT2D eigenvalue weighted by molar-refractivity contribution is 5.33. The molecule has 4 atom stereocenters. The van der Waals surface area contributed by atoms with Crippen LogP contribution in [0.2, 0.25) is 0 Å². The van der Waals surface area contributed by atoms with E-state index in [1.54, 1.807) is 12.1 Å². The molecule has 3 aliphatic carbocycles. The molecule has 1 aromatic carbocycles. The molecule has 0 saturated heterocycles. The molecular formula is C28H42F2O. The fraction of sp³-hybridized carbons (Fsp3) is 0.786. The first-order valence-electron chi connectivity index (χ1n) is 13.2. The topological polar surface area (TPSA) is 9.23 Å². The van der Waals surface area contributed by atoms with Crippen molar-refractivity contribution in [3.63, 3.8) is 0 Å². The van der Waals surface area contributed by atoms with E-state index in [0.717, 1.165) is 48.9 Å². The van der Waals surface area contributed by atoms with E-state index in [2.05, 4.69) is 6.92 Å². The van der Waals surface area contributed by atoms with E-state index in [4.69, 9.17) is 4.74 Å². The number of fused-ring (bicyclic) bond motifs is 1. The molecule has 0 amide bonds. The van der Waals surface area contributed by atoms with Crippen LogP contribution in [-0.2, 0) is 0 Å². The molecule has 4 rings (SSSR count). The Hall–Kier alpha value is -1.12. The molecule has 0 aliphatic heterocycles. The Morgan fingerprint density at radius 3 is 2.06 bits per heavy atom. The molecule has 4 unspecified atom stereocenters. The fourth-order valence-electron chi connectivity index (χ4n) is 7.32. The average Bonchev–Trinajstić information content (AvgIpc) is 3.37. The van der Waals surface area contributed by atoms with Crippen molar-refractivity contribution in [3.8, 4) is 5.75 Å². The monoisotopic (exact) mass is 432 g/mol. The van der Waals surface area contributed by atoms with E-state index in [0.29, 0.717) is 12.2 Å². The van der Waals surface area contributed by atoms with Crippen LogP contribution < -0.4 is 4.74 Å². The van der Waals surface area contributed by atoms with Crippen LogP contribution in [0.25, 0.3) is 0 Å². The first-order valence-corrected chi connectivity index (χ1v) is 13.2. The van der Waals surface area contributed by atoms with Crippen LogP contribution in [0.3, 0.4) is 0 Å². The maximum atomic E-state index is 14.7. The largest absolute Gasteiger partial charge is 0.490 e. The summed E-state index contributed by atoms with van der Waals surface area (Å²) in [7, 11) is 0. The lowest BCUT2D eigenvalue weighted by Crippen LogP contribution is -2.17. The minimum absolute atomic E-state index is 0.0553. The second kappa shape index (κ2) is 10.7. The third-order valence-electron chi connectivity index (χ3n) is 8.93. The van der Waals surface area contributed by atoms with E-state index >= 15 is 0 Å². The van der Waals surface area contributed by atoms with Crippen molar-refractivity contribution < 1.29 is 13.5 Å². The van der Waals surface area contributed by atoms with Gasteiger partial charge in [-0.05, 0) is 111 Å². The number of rotatable bonds is 9. The van der Waals surface area contributed by atoms with Crippen LogP contribution in [0.5, 0.6) is 5.75 Å².